The van der Waals surface area contributed by atoms with E-state index < -0.39 is 11.8 Å². The van der Waals surface area contributed by atoms with E-state index in [2.05, 4.69) is 5.32 Å². The first-order chi connectivity index (χ1) is 7.15. The zero-order valence-electron chi connectivity index (χ0n) is 7.83. The van der Waals surface area contributed by atoms with Gasteiger partial charge in [-0.1, -0.05) is 6.07 Å². The lowest BCUT2D eigenvalue weighted by Crippen LogP contribution is -2.08. The quantitative estimate of drug-likeness (QED) is 0.787. The lowest BCUT2D eigenvalue weighted by atomic mass is 10.2. The van der Waals surface area contributed by atoms with Gasteiger partial charge in [-0.2, -0.15) is 5.26 Å². The van der Waals surface area contributed by atoms with Crippen LogP contribution in [-0.2, 0) is 4.79 Å². The monoisotopic (exact) mass is 208 g/mol. The first-order valence-electron chi connectivity index (χ1n) is 4.29. The average Bonchev–Trinajstić information content (AvgIpc) is 2.17. The Hall–Kier alpha value is -2.09. The molecule has 0 saturated carbocycles. The van der Waals surface area contributed by atoms with Crippen molar-refractivity contribution in [1.29, 1.82) is 5.26 Å². The fourth-order valence-corrected chi connectivity index (χ4v) is 1.09. The molecule has 0 atom stereocenters. The summed E-state index contributed by atoms with van der Waals surface area (Å²) in [6.45, 7) is 0.160. The second kappa shape index (κ2) is 4.96. The van der Waals surface area contributed by atoms with Crippen molar-refractivity contribution in [2.24, 2.45) is 0 Å². The Labute approximate surface area is 86.0 Å². The van der Waals surface area contributed by atoms with Crippen LogP contribution in [0.4, 0.5) is 10.1 Å². The maximum Gasteiger partial charge on any atom is 0.305 e. The van der Waals surface area contributed by atoms with Crippen LogP contribution < -0.4 is 5.32 Å². The van der Waals surface area contributed by atoms with Crippen molar-refractivity contribution in [2.75, 3.05) is 11.9 Å². The highest BCUT2D eigenvalue weighted by Crippen LogP contribution is 2.17. The fourth-order valence-electron chi connectivity index (χ4n) is 1.09. The van der Waals surface area contributed by atoms with E-state index in [-0.39, 0.29) is 18.5 Å². The minimum Gasteiger partial charge on any atom is -0.481 e. The van der Waals surface area contributed by atoms with Crippen LogP contribution >= 0.6 is 0 Å². The number of carbonyl (C=O) groups is 1. The van der Waals surface area contributed by atoms with Gasteiger partial charge in [0.25, 0.3) is 0 Å². The summed E-state index contributed by atoms with van der Waals surface area (Å²) < 4.78 is 13.1. The second-order valence-electron chi connectivity index (χ2n) is 2.84. The molecule has 1 rings (SSSR count). The van der Waals surface area contributed by atoms with Crippen molar-refractivity contribution in [3.05, 3.63) is 29.6 Å². The molecule has 0 aromatic heterocycles. The van der Waals surface area contributed by atoms with E-state index >= 15 is 0 Å². The van der Waals surface area contributed by atoms with Gasteiger partial charge in [0.05, 0.1) is 12.1 Å². The maximum absolute atomic E-state index is 13.1. The third kappa shape index (κ3) is 2.95. The number of nitrogens with zero attached hydrogens (tertiary/aromatic N) is 1. The normalized spacial score (nSPS) is 9.33. The number of carboxylic acid groups (broad SMARTS) is 1. The average molecular weight is 208 g/mol. The van der Waals surface area contributed by atoms with Gasteiger partial charge in [0, 0.05) is 6.54 Å². The molecule has 1 aromatic rings. The molecule has 78 valence electrons. The Morgan fingerprint density at radius 2 is 2.33 bits per heavy atom. The van der Waals surface area contributed by atoms with Crippen LogP contribution in [0.15, 0.2) is 18.2 Å². The summed E-state index contributed by atoms with van der Waals surface area (Å²) in [7, 11) is 0. The van der Waals surface area contributed by atoms with Crippen molar-refractivity contribution < 1.29 is 14.3 Å². The Morgan fingerprint density at radius 3 is 2.93 bits per heavy atom. The number of benzene rings is 1. The van der Waals surface area contributed by atoms with Crippen LogP contribution in [0.2, 0.25) is 0 Å². The number of hydrogen-bond donors (Lipinski definition) is 2. The number of nitriles is 1. The van der Waals surface area contributed by atoms with Crippen LogP contribution in [0.3, 0.4) is 0 Å². The van der Waals surface area contributed by atoms with Gasteiger partial charge in [0.2, 0.25) is 0 Å². The first kappa shape index (κ1) is 11.0. The van der Waals surface area contributed by atoms with Gasteiger partial charge in [0.15, 0.2) is 0 Å². The van der Waals surface area contributed by atoms with Gasteiger partial charge in [0.1, 0.15) is 17.4 Å². The molecular weight excluding hydrogens is 199 g/mol. The molecule has 5 heteroatoms. The lowest BCUT2D eigenvalue weighted by molar-refractivity contribution is -0.136. The molecule has 0 aliphatic carbocycles. The minimum atomic E-state index is -0.947. The summed E-state index contributed by atoms with van der Waals surface area (Å²) in [6.07, 6.45) is -0.0820. The predicted molar refractivity (Wildman–Crippen MR) is 51.9 cm³/mol. The molecule has 1 aromatic carbocycles. The summed E-state index contributed by atoms with van der Waals surface area (Å²) in [5, 5.41) is 19.7. The molecule has 2 N–H and O–H groups in total. The molecule has 0 unspecified atom stereocenters. The zero-order chi connectivity index (χ0) is 11.3. The van der Waals surface area contributed by atoms with Crippen LogP contribution in [0.25, 0.3) is 0 Å². The number of hydrogen-bond acceptors (Lipinski definition) is 3. The van der Waals surface area contributed by atoms with Crippen LogP contribution in [0.1, 0.15) is 12.0 Å². The predicted octanol–water partition coefficient (Wildman–Crippen LogP) is 1.58. The first-order valence-corrected chi connectivity index (χ1v) is 4.29. The van der Waals surface area contributed by atoms with Crippen molar-refractivity contribution >= 4 is 11.7 Å². The van der Waals surface area contributed by atoms with Gasteiger partial charge in [-0.25, -0.2) is 4.39 Å². The number of aliphatic carboxylic acids is 1. The fraction of sp³-hybridized carbons (Fsp3) is 0.200. The molecule has 15 heavy (non-hydrogen) atoms. The molecule has 0 saturated heterocycles. The second-order valence-corrected chi connectivity index (χ2v) is 2.84. The number of nitrogens with one attached hydrogen (secondary N) is 1. The molecule has 0 heterocycles. The topological polar surface area (TPSA) is 73.1 Å². The number of carboxylic acids is 1. The van der Waals surface area contributed by atoms with E-state index in [1.807, 2.05) is 0 Å². The Bertz CT molecular complexity index is 412. The lowest BCUT2D eigenvalue weighted by Gasteiger charge is -2.06. The molecular formula is C10H9FN2O2. The standard InChI is InChI=1S/C10H9FN2O2/c11-8-2-1-3-9(7(8)6-12)13-5-4-10(14)15/h1-3,13H,4-5H2,(H,14,15). The number of rotatable bonds is 4. The summed E-state index contributed by atoms with van der Waals surface area (Å²) >= 11 is 0. The highest BCUT2D eigenvalue weighted by atomic mass is 19.1. The van der Waals surface area contributed by atoms with Gasteiger partial charge < -0.3 is 10.4 Å². The van der Waals surface area contributed by atoms with Crippen molar-refractivity contribution in [2.45, 2.75) is 6.42 Å². The molecule has 0 spiro atoms. The van der Waals surface area contributed by atoms with E-state index in [4.69, 9.17) is 10.4 Å². The molecule has 0 aliphatic heterocycles. The third-order valence-electron chi connectivity index (χ3n) is 1.78. The summed E-state index contributed by atoms with van der Waals surface area (Å²) in [5.74, 6) is -1.56. The van der Waals surface area contributed by atoms with Crippen LogP contribution in [0.5, 0.6) is 0 Å². The van der Waals surface area contributed by atoms with Gasteiger partial charge in [-0.05, 0) is 12.1 Å². The van der Waals surface area contributed by atoms with Crippen LogP contribution in [-0.4, -0.2) is 17.6 Å². The Balaban J connectivity index is 2.73. The smallest absolute Gasteiger partial charge is 0.305 e. The summed E-state index contributed by atoms with van der Waals surface area (Å²) in [4.78, 5) is 10.2. The maximum atomic E-state index is 13.1. The third-order valence-corrected chi connectivity index (χ3v) is 1.78. The Morgan fingerprint density at radius 1 is 1.60 bits per heavy atom. The molecule has 0 bridgehead atoms. The Kier molecular flexibility index (Phi) is 3.63. The van der Waals surface area contributed by atoms with Gasteiger partial charge in [-0.3, -0.25) is 4.79 Å². The highest BCUT2D eigenvalue weighted by molar-refractivity contribution is 5.68. The SMILES string of the molecule is N#Cc1c(F)cccc1NCCC(=O)O. The number of anilines is 1. The highest BCUT2D eigenvalue weighted by Gasteiger charge is 2.07. The minimum absolute atomic E-state index is 0.0820. The number of halogens is 1. The summed E-state index contributed by atoms with van der Waals surface area (Å²) in [5.41, 5.74) is 0.224. The zero-order valence-corrected chi connectivity index (χ0v) is 7.83. The van der Waals surface area contributed by atoms with E-state index in [0.717, 1.165) is 0 Å². The van der Waals surface area contributed by atoms with Crippen molar-refractivity contribution in [1.82, 2.24) is 0 Å². The molecule has 0 amide bonds. The van der Waals surface area contributed by atoms with E-state index in [1.165, 1.54) is 18.2 Å². The molecule has 0 fully saturated rings. The molecule has 0 aliphatic rings. The van der Waals surface area contributed by atoms with Crippen molar-refractivity contribution in [3.8, 4) is 6.07 Å². The van der Waals surface area contributed by atoms with E-state index in [0.29, 0.717) is 5.69 Å². The molecule has 0 radical (unpaired) electrons. The van der Waals surface area contributed by atoms with Crippen LogP contribution in [0, 0.1) is 17.1 Å². The van der Waals surface area contributed by atoms with Crippen molar-refractivity contribution in [3.63, 3.8) is 0 Å². The van der Waals surface area contributed by atoms with Gasteiger partial charge in [-0.15, -0.1) is 0 Å². The largest absolute Gasteiger partial charge is 0.481 e. The van der Waals surface area contributed by atoms with E-state index in [1.54, 1.807) is 6.07 Å². The summed E-state index contributed by atoms with van der Waals surface area (Å²) in [6, 6.07) is 5.89. The van der Waals surface area contributed by atoms with Gasteiger partial charge >= 0.3 is 5.97 Å². The van der Waals surface area contributed by atoms with E-state index in [9.17, 15) is 9.18 Å². The molecule has 4 nitrogen and oxygen atoms in total.